The fourth-order valence-electron chi connectivity index (χ4n) is 1.79. The molecule has 0 saturated heterocycles. The summed E-state index contributed by atoms with van der Waals surface area (Å²) in [7, 11) is 4.57. The number of methoxy groups -OCH3 is 2. The molecule has 0 aliphatic carbocycles. The molecule has 0 saturated carbocycles. The summed E-state index contributed by atoms with van der Waals surface area (Å²) >= 11 is 0. The Morgan fingerprint density at radius 2 is 1.72 bits per heavy atom. The maximum Gasteiger partial charge on any atom is 0.274 e. The van der Waals surface area contributed by atoms with Gasteiger partial charge in [-0.25, -0.2) is 8.78 Å². The van der Waals surface area contributed by atoms with Gasteiger partial charge in [0, 0.05) is 18.5 Å². The van der Waals surface area contributed by atoms with Gasteiger partial charge in [-0.3, -0.25) is 0 Å². The SMILES string of the molecule is CNCCC(F)(F)c1cc(OC)c(OC)cc1C. The van der Waals surface area contributed by atoms with Gasteiger partial charge in [0.1, 0.15) is 0 Å². The normalized spacial score (nSPS) is 11.4. The second-order valence-electron chi connectivity index (χ2n) is 4.08. The van der Waals surface area contributed by atoms with Gasteiger partial charge in [-0.2, -0.15) is 0 Å². The van der Waals surface area contributed by atoms with E-state index in [1.807, 2.05) is 0 Å². The third-order valence-corrected chi connectivity index (χ3v) is 2.81. The molecule has 0 heterocycles. The van der Waals surface area contributed by atoms with Crippen molar-refractivity contribution in [2.24, 2.45) is 0 Å². The minimum absolute atomic E-state index is 0.0181. The van der Waals surface area contributed by atoms with Gasteiger partial charge in [0.15, 0.2) is 11.5 Å². The van der Waals surface area contributed by atoms with E-state index in [2.05, 4.69) is 5.32 Å². The lowest BCUT2D eigenvalue weighted by Crippen LogP contribution is -2.22. The topological polar surface area (TPSA) is 30.5 Å². The highest BCUT2D eigenvalue weighted by Gasteiger charge is 2.33. The van der Waals surface area contributed by atoms with Gasteiger partial charge < -0.3 is 14.8 Å². The van der Waals surface area contributed by atoms with Crippen molar-refractivity contribution >= 4 is 0 Å². The molecule has 0 spiro atoms. The zero-order valence-electron chi connectivity index (χ0n) is 11.1. The summed E-state index contributed by atoms with van der Waals surface area (Å²) in [6, 6.07) is 2.92. The number of hydrogen-bond donors (Lipinski definition) is 1. The van der Waals surface area contributed by atoms with Crippen LogP contribution < -0.4 is 14.8 Å². The molecule has 0 fully saturated rings. The smallest absolute Gasteiger partial charge is 0.274 e. The first kappa shape index (κ1) is 14.7. The van der Waals surface area contributed by atoms with Gasteiger partial charge in [0.2, 0.25) is 0 Å². The van der Waals surface area contributed by atoms with Crippen molar-refractivity contribution in [1.29, 1.82) is 0 Å². The summed E-state index contributed by atoms with van der Waals surface area (Å²) in [6.07, 6.45) is -0.250. The summed E-state index contributed by atoms with van der Waals surface area (Å²) in [5.74, 6) is -2.10. The zero-order valence-corrected chi connectivity index (χ0v) is 11.1. The molecule has 0 unspecified atom stereocenters. The molecule has 3 nitrogen and oxygen atoms in total. The van der Waals surface area contributed by atoms with Crippen LogP contribution in [0.4, 0.5) is 8.78 Å². The van der Waals surface area contributed by atoms with Crippen LogP contribution in [0.15, 0.2) is 12.1 Å². The summed E-state index contributed by atoms with van der Waals surface area (Å²) in [6.45, 7) is 1.89. The molecule has 1 rings (SSSR count). The minimum atomic E-state index is -2.88. The van der Waals surface area contributed by atoms with E-state index in [0.29, 0.717) is 17.1 Å². The molecule has 18 heavy (non-hydrogen) atoms. The molecule has 0 atom stereocenters. The largest absolute Gasteiger partial charge is 0.493 e. The van der Waals surface area contributed by atoms with Gasteiger partial charge in [0.05, 0.1) is 14.2 Å². The number of hydrogen-bond acceptors (Lipinski definition) is 3. The third-order valence-electron chi connectivity index (χ3n) is 2.81. The van der Waals surface area contributed by atoms with Crippen molar-refractivity contribution in [1.82, 2.24) is 5.32 Å². The van der Waals surface area contributed by atoms with E-state index >= 15 is 0 Å². The highest BCUT2D eigenvalue weighted by molar-refractivity contribution is 5.48. The van der Waals surface area contributed by atoms with Crippen molar-refractivity contribution in [2.45, 2.75) is 19.3 Å². The second kappa shape index (κ2) is 6.00. The van der Waals surface area contributed by atoms with E-state index in [0.717, 1.165) is 0 Å². The van der Waals surface area contributed by atoms with E-state index in [4.69, 9.17) is 9.47 Å². The maximum absolute atomic E-state index is 14.0. The van der Waals surface area contributed by atoms with Crippen molar-refractivity contribution < 1.29 is 18.3 Å². The molecule has 1 N–H and O–H groups in total. The van der Waals surface area contributed by atoms with Crippen LogP contribution in [-0.2, 0) is 5.92 Å². The molecule has 0 bridgehead atoms. The van der Waals surface area contributed by atoms with Crippen LogP contribution in [0.2, 0.25) is 0 Å². The molecular formula is C13H19F2NO2. The lowest BCUT2D eigenvalue weighted by atomic mass is 9.99. The molecule has 0 aromatic heterocycles. The number of alkyl halides is 2. The highest BCUT2D eigenvalue weighted by atomic mass is 19.3. The average Bonchev–Trinajstić information content (AvgIpc) is 2.35. The van der Waals surface area contributed by atoms with E-state index in [9.17, 15) is 8.78 Å². The zero-order chi connectivity index (χ0) is 13.8. The molecule has 0 aliphatic heterocycles. The summed E-state index contributed by atoms with van der Waals surface area (Å²) < 4.78 is 38.2. The highest BCUT2D eigenvalue weighted by Crippen LogP contribution is 2.39. The van der Waals surface area contributed by atoms with E-state index < -0.39 is 5.92 Å². The quantitative estimate of drug-likeness (QED) is 0.852. The number of rotatable bonds is 6. The first-order valence-electron chi connectivity index (χ1n) is 5.71. The van der Waals surface area contributed by atoms with Crippen molar-refractivity contribution in [3.63, 3.8) is 0 Å². The number of aryl methyl sites for hydroxylation is 1. The summed E-state index contributed by atoms with van der Waals surface area (Å²) in [5, 5.41) is 2.73. The van der Waals surface area contributed by atoms with Crippen molar-refractivity contribution in [3.8, 4) is 11.5 Å². The molecular weight excluding hydrogens is 240 g/mol. The fraction of sp³-hybridized carbons (Fsp3) is 0.538. The van der Waals surface area contributed by atoms with E-state index in [-0.39, 0.29) is 18.5 Å². The molecule has 5 heteroatoms. The first-order valence-corrected chi connectivity index (χ1v) is 5.71. The van der Waals surface area contributed by atoms with Gasteiger partial charge in [-0.15, -0.1) is 0 Å². The molecule has 0 radical (unpaired) electrons. The van der Waals surface area contributed by atoms with Crippen molar-refractivity contribution in [3.05, 3.63) is 23.3 Å². The van der Waals surface area contributed by atoms with Gasteiger partial charge >= 0.3 is 0 Å². The standard InChI is InChI=1S/C13H19F2NO2/c1-9-7-11(17-3)12(18-4)8-10(9)13(14,15)5-6-16-2/h7-8,16H,5-6H2,1-4H3. The maximum atomic E-state index is 14.0. The van der Waals surface area contributed by atoms with Gasteiger partial charge in [-0.1, -0.05) is 0 Å². The second-order valence-corrected chi connectivity index (χ2v) is 4.08. The van der Waals surface area contributed by atoms with Crippen LogP contribution in [0, 0.1) is 6.92 Å². The number of halogens is 2. The lowest BCUT2D eigenvalue weighted by Gasteiger charge is -2.20. The fourth-order valence-corrected chi connectivity index (χ4v) is 1.79. The van der Waals surface area contributed by atoms with Crippen LogP contribution >= 0.6 is 0 Å². The molecule has 1 aromatic rings. The minimum Gasteiger partial charge on any atom is -0.493 e. The predicted octanol–water partition coefficient (Wildman–Crippen LogP) is 2.71. The van der Waals surface area contributed by atoms with Crippen LogP contribution in [0.5, 0.6) is 11.5 Å². The predicted molar refractivity (Wildman–Crippen MR) is 66.7 cm³/mol. The Bertz CT molecular complexity index is 408. The molecule has 1 aromatic carbocycles. The molecule has 102 valence electrons. The van der Waals surface area contributed by atoms with Crippen LogP contribution in [-0.4, -0.2) is 27.8 Å². The number of nitrogens with one attached hydrogen (secondary N) is 1. The van der Waals surface area contributed by atoms with E-state index in [1.54, 1.807) is 20.0 Å². The van der Waals surface area contributed by atoms with Crippen molar-refractivity contribution in [2.75, 3.05) is 27.8 Å². The van der Waals surface area contributed by atoms with Crippen LogP contribution in [0.25, 0.3) is 0 Å². The van der Waals surface area contributed by atoms with Gasteiger partial charge in [0.25, 0.3) is 5.92 Å². The van der Waals surface area contributed by atoms with Gasteiger partial charge in [-0.05, 0) is 31.7 Å². The Morgan fingerprint density at radius 3 is 2.22 bits per heavy atom. The number of benzene rings is 1. The lowest BCUT2D eigenvalue weighted by molar-refractivity contribution is -0.0131. The average molecular weight is 259 g/mol. The monoisotopic (exact) mass is 259 g/mol. The van der Waals surface area contributed by atoms with Crippen LogP contribution in [0.3, 0.4) is 0 Å². The Balaban J connectivity index is 3.15. The van der Waals surface area contributed by atoms with E-state index in [1.165, 1.54) is 20.3 Å². The number of ether oxygens (including phenoxy) is 2. The molecule has 0 amide bonds. The van der Waals surface area contributed by atoms with Crippen LogP contribution in [0.1, 0.15) is 17.5 Å². The molecule has 0 aliphatic rings. The Labute approximate surface area is 106 Å². The summed E-state index contributed by atoms with van der Waals surface area (Å²) in [5.41, 5.74) is 0.476. The summed E-state index contributed by atoms with van der Waals surface area (Å²) in [4.78, 5) is 0. The Morgan fingerprint density at radius 1 is 1.17 bits per heavy atom. The third kappa shape index (κ3) is 3.10. The Kier molecular flexibility index (Phi) is 4.90. The Hall–Kier alpha value is -1.36. The first-order chi connectivity index (χ1) is 8.46.